The van der Waals surface area contributed by atoms with Crippen molar-refractivity contribution in [1.29, 1.82) is 0 Å². The zero-order valence-electron chi connectivity index (χ0n) is 9.66. The standard InChI is InChI=1S/C13H18O3/c1-15-12-7-6-10-4-2-3-5-11(10)13(12)16-9-8-14/h6-7,14H,2-5,8-9H2,1H3. The van der Waals surface area contributed by atoms with Crippen molar-refractivity contribution in [1.82, 2.24) is 0 Å². The molecule has 0 heterocycles. The Labute approximate surface area is 96.0 Å². The number of hydrogen-bond donors (Lipinski definition) is 1. The summed E-state index contributed by atoms with van der Waals surface area (Å²) in [7, 11) is 1.65. The van der Waals surface area contributed by atoms with Crippen LogP contribution in [0.5, 0.6) is 11.5 Å². The third-order valence-corrected chi connectivity index (χ3v) is 3.00. The van der Waals surface area contributed by atoms with Crippen LogP contribution in [0.25, 0.3) is 0 Å². The third kappa shape index (κ3) is 2.14. The summed E-state index contributed by atoms with van der Waals surface area (Å²) >= 11 is 0. The van der Waals surface area contributed by atoms with E-state index in [4.69, 9.17) is 14.6 Å². The summed E-state index contributed by atoms with van der Waals surface area (Å²) in [6, 6.07) is 4.08. The molecule has 88 valence electrons. The largest absolute Gasteiger partial charge is 0.493 e. The molecule has 0 bridgehead atoms. The highest BCUT2D eigenvalue weighted by Gasteiger charge is 2.18. The van der Waals surface area contributed by atoms with Gasteiger partial charge in [0.05, 0.1) is 13.7 Å². The van der Waals surface area contributed by atoms with E-state index in [1.807, 2.05) is 6.07 Å². The second-order valence-electron chi connectivity index (χ2n) is 4.01. The average molecular weight is 222 g/mol. The summed E-state index contributed by atoms with van der Waals surface area (Å²) in [6.07, 6.45) is 4.62. The van der Waals surface area contributed by atoms with Gasteiger partial charge in [-0.25, -0.2) is 0 Å². The number of hydrogen-bond acceptors (Lipinski definition) is 3. The topological polar surface area (TPSA) is 38.7 Å². The summed E-state index contributed by atoms with van der Waals surface area (Å²) in [5.41, 5.74) is 2.62. The maximum absolute atomic E-state index is 8.83. The van der Waals surface area contributed by atoms with Crippen LogP contribution in [0.1, 0.15) is 24.0 Å². The van der Waals surface area contributed by atoms with Crippen LogP contribution in [0.4, 0.5) is 0 Å². The van der Waals surface area contributed by atoms with Gasteiger partial charge in [0, 0.05) is 5.56 Å². The number of benzene rings is 1. The maximum atomic E-state index is 8.83. The Morgan fingerprint density at radius 2 is 2.06 bits per heavy atom. The third-order valence-electron chi connectivity index (χ3n) is 3.00. The van der Waals surface area contributed by atoms with E-state index in [0.717, 1.165) is 24.3 Å². The zero-order chi connectivity index (χ0) is 11.4. The Balaban J connectivity index is 2.35. The minimum Gasteiger partial charge on any atom is -0.493 e. The summed E-state index contributed by atoms with van der Waals surface area (Å²) in [4.78, 5) is 0. The van der Waals surface area contributed by atoms with Crippen LogP contribution in [0.2, 0.25) is 0 Å². The van der Waals surface area contributed by atoms with Crippen LogP contribution in [-0.4, -0.2) is 25.4 Å². The van der Waals surface area contributed by atoms with Crippen molar-refractivity contribution >= 4 is 0 Å². The van der Waals surface area contributed by atoms with Crippen LogP contribution in [-0.2, 0) is 12.8 Å². The van der Waals surface area contributed by atoms with Crippen LogP contribution >= 0.6 is 0 Å². The summed E-state index contributed by atoms with van der Waals surface area (Å²) in [6.45, 7) is 0.361. The van der Waals surface area contributed by atoms with Gasteiger partial charge in [-0.05, 0) is 37.3 Å². The Hall–Kier alpha value is -1.22. The van der Waals surface area contributed by atoms with Crippen LogP contribution in [0.3, 0.4) is 0 Å². The molecule has 1 aliphatic carbocycles. The predicted octanol–water partition coefficient (Wildman–Crippen LogP) is 1.95. The van der Waals surface area contributed by atoms with E-state index in [1.54, 1.807) is 7.11 Å². The summed E-state index contributed by atoms with van der Waals surface area (Å²) in [5.74, 6) is 1.60. The molecule has 0 atom stereocenters. The van der Waals surface area contributed by atoms with E-state index >= 15 is 0 Å². The monoisotopic (exact) mass is 222 g/mol. The van der Waals surface area contributed by atoms with E-state index < -0.39 is 0 Å². The normalized spacial score (nSPS) is 14.4. The molecule has 0 unspecified atom stereocenters. The number of aryl methyl sites for hydroxylation is 1. The van der Waals surface area contributed by atoms with Crippen molar-refractivity contribution in [3.05, 3.63) is 23.3 Å². The van der Waals surface area contributed by atoms with Gasteiger partial charge in [0.15, 0.2) is 11.5 Å². The minimum atomic E-state index is 0.0345. The molecule has 0 aromatic heterocycles. The van der Waals surface area contributed by atoms with Gasteiger partial charge in [0.2, 0.25) is 0 Å². The lowest BCUT2D eigenvalue weighted by molar-refractivity contribution is 0.195. The van der Waals surface area contributed by atoms with Crippen LogP contribution < -0.4 is 9.47 Å². The lowest BCUT2D eigenvalue weighted by Crippen LogP contribution is -2.10. The zero-order valence-corrected chi connectivity index (χ0v) is 9.66. The van der Waals surface area contributed by atoms with Gasteiger partial charge in [0.1, 0.15) is 6.61 Å². The molecule has 0 radical (unpaired) electrons. The molecule has 0 saturated heterocycles. The first-order valence-corrected chi connectivity index (χ1v) is 5.79. The van der Waals surface area contributed by atoms with Crippen molar-refractivity contribution in [3.63, 3.8) is 0 Å². The molecule has 2 rings (SSSR count). The highest BCUT2D eigenvalue weighted by molar-refractivity contribution is 5.51. The van der Waals surface area contributed by atoms with Crippen molar-refractivity contribution in [2.75, 3.05) is 20.3 Å². The fraction of sp³-hybridized carbons (Fsp3) is 0.538. The lowest BCUT2D eigenvalue weighted by atomic mass is 9.91. The molecular formula is C13H18O3. The lowest BCUT2D eigenvalue weighted by Gasteiger charge is -2.21. The van der Waals surface area contributed by atoms with Gasteiger partial charge in [-0.3, -0.25) is 0 Å². The minimum absolute atomic E-state index is 0.0345. The molecule has 3 nitrogen and oxygen atoms in total. The van der Waals surface area contributed by atoms with Crippen LogP contribution in [0, 0.1) is 0 Å². The number of ether oxygens (including phenoxy) is 2. The first-order chi connectivity index (χ1) is 7.86. The summed E-state index contributed by atoms with van der Waals surface area (Å²) < 4.78 is 10.9. The van der Waals surface area contributed by atoms with E-state index in [0.29, 0.717) is 6.61 Å². The number of methoxy groups -OCH3 is 1. The Bertz CT molecular complexity index is 360. The van der Waals surface area contributed by atoms with Gasteiger partial charge >= 0.3 is 0 Å². The Morgan fingerprint density at radius 3 is 2.81 bits per heavy atom. The second kappa shape index (κ2) is 5.21. The highest BCUT2D eigenvalue weighted by Crippen LogP contribution is 2.37. The second-order valence-corrected chi connectivity index (χ2v) is 4.01. The predicted molar refractivity (Wildman–Crippen MR) is 62.2 cm³/mol. The number of rotatable bonds is 4. The van der Waals surface area contributed by atoms with Crippen LogP contribution in [0.15, 0.2) is 12.1 Å². The fourth-order valence-electron chi connectivity index (χ4n) is 2.24. The first-order valence-electron chi connectivity index (χ1n) is 5.79. The molecular weight excluding hydrogens is 204 g/mol. The van der Waals surface area contributed by atoms with Gasteiger partial charge in [-0.1, -0.05) is 6.07 Å². The average Bonchev–Trinajstić information content (AvgIpc) is 2.35. The fourth-order valence-corrected chi connectivity index (χ4v) is 2.24. The highest BCUT2D eigenvalue weighted by atomic mass is 16.5. The van der Waals surface area contributed by atoms with E-state index in [-0.39, 0.29) is 6.61 Å². The molecule has 1 aliphatic rings. The number of fused-ring (bicyclic) bond motifs is 1. The summed E-state index contributed by atoms with van der Waals surface area (Å²) in [5, 5.41) is 8.83. The van der Waals surface area contributed by atoms with Gasteiger partial charge in [-0.2, -0.15) is 0 Å². The molecule has 3 heteroatoms. The smallest absolute Gasteiger partial charge is 0.164 e. The maximum Gasteiger partial charge on any atom is 0.164 e. The molecule has 16 heavy (non-hydrogen) atoms. The van der Waals surface area contributed by atoms with Crippen molar-refractivity contribution in [2.24, 2.45) is 0 Å². The quantitative estimate of drug-likeness (QED) is 0.846. The molecule has 0 amide bonds. The van der Waals surface area contributed by atoms with Crippen molar-refractivity contribution in [3.8, 4) is 11.5 Å². The molecule has 0 fully saturated rings. The first kappa shape index (κ1) is 11.3. The molecule has 1 aromatic rings. The molecule has 1 aromatic carbocycles. The SMILES string of the molecule is COc1ccc2c(c1OCCO)CCCC2. The van der Waals surface area contributed by atoms with Crippen molar-refractivity contribution < 1.29 is 14.6 Å². The Kier molecular flexibility index (Phi) is 3.67. The van der Waals surface area contributed by atoms with E-state index in [1.165, 1.54) is 24.0 Å². The van der Waals surface area contributed by atoms with Crippen molar-refractivity contribution in [2.45, 2.75) is 25.7 Å². The molecule has 0 saturated carbocycles. The molecule has 0 spiro atoms. The van der Waals surface area contributed by atoms with Gasteiger partial charge in [0.25, 0.3) is 0 Å². The molecule has 1 N–H and O–H groups in total. The van der Waals surface area contributed by atoms with E-state index in [2.05, 4.69) is 6.07 Å². The van der Waals surface area contributed by atoms with Gasteiger partial charge < -0.3 is 14.6 Å². The number of aliphatic hydroxyl groups excluding tert-OH is 1. The van der Waals surface area contributed by atoms with Gasteiger partial charge in [-0.15, -0.1) is 0 Å². The number of aliphatic hydroxyl groups is 1. The van der Waals surface area contributed by atoms with E-state index in [9.17, 15) is 0 Å². The Morgan fingerprint density at radius 1 is 1.25 bits per heavy atom. The molecule has 0 aliphatic heterocycles.